The van der Waals surface area contributed by atoms with Gasteiger partial charge in [0.05, 0.1) is 10.8 Å². The minimum Gasteiger partial charge on any atom is -0.350 e. The Morgan fingerprint density at radius 2 is 1.83 bits per heavy atom. The first-order valence-corrected chi connectivity index (χ1v) is 12.3. The number of hydrogen-bond acceptors (Lipinski definition) is 4. The van der Waals surface area contributed by atoms with Gasteiger partial charge in [0.1, 0.15) is 0 Å². The molecule has 0 bridgehead atoms. The first-order valence-electron chi connectivity index (χ1n) is 10.9. The Morgan fingerprint density at radius 1 is 1.17 bits per heavy atom. The molecule has 1 amide bonds. The first-order chi connectivity index (χ1) is 13.8. The highest BCUT2D eigenvalue weighted by molar-refractivity contribution is 7.89. The summed E-state index contributed by atoms with van der Waals surface area (Å²) >= 11 is 0. The SMILES string of the molecule is CCC[C@H](C)N1C[C@H]2C(=O)NC3(CCN(S(=O)(=O)c4ccc(C)cc4)CC3)[C@H]2C1. The molecule has 29 heavy (non-hydrogen) atoms. The molecule has 6 nitrogen and oxygen atoms in total. The van der Waals surface area contributed by atoms with E-state index >= 15 is 0 Å². The summed E-state index contributed by atoms with van der Waals surface area (Å²) in [4.78, 5) is 15.5. The molecule has 3 aliphatic heterocycles. The lowest BCUT2D eigenvalue weighted by Crippen LogP contribution is -2.56. The lowest BCUT2D eigenvalue weighted by molar-refractivity contribution is -0.123. The second-order valence-corrected chi connectivity index (χ2v) is 11.1. The summed E-state index contributed by atoms with van der Waals surface area (Å²) in [6, 6.07) is 7.55. The standard InChI is InChI=1S/C22H33N3O3S/c1-4-5-17(3)24-14-19-20(15-24)22(23-21(19)26)10-12-25(13-11-22)29(27,28)18-8-6-16(2)7-9-18/h6-9,17,19-20H,4-5,10-15H2,1-3H3,(H,23,26)/t17-,19+,20-/m0/s1. The maximum Gasteiger partial charge on any atom is 0.243 e. The number of piperidine rings is 1. The molecule has 3 heterocycles. The maximum atomic E-state index is 13.0. The number of amides is 1. The highest BCUT2D eigenvalue weighted by Crippen LogP contribution is 2.45. The average molecular weight is 420 g/mol. The molecule has 4 rings (SSSR count). The second kappa shape index (κ2) is 7.67. The zero-order chi connectivity index (χ0) is 20.8. The topological polar surface area (TPSA) is 69.7 Å². The van der Waals surface area contributed by atoms with Gasteiger partial charge in [0, 0.05) is 43.7 Å². The Labute approximate surface area is 174 Å². The fourth-order valence-corrected chi connectivity index (χ4v) is 6.97. The van der Waals surface area contributed by atoms with Crippen molar-refractivity contribution in [3.8, 4) is 0 Å². The summed E-state index contributed by atoms with van der Waals surface area (Å²) in [5.74, 6) is 0.504. The number of carbonyl (C=O) groups is 1. The fraction of sp³-hybridized carbons (Fsp3) is 0.682. The molecule has 0 aromatic heterocycles. The largest absolute Gasteiger partial charge is 0.350 e. The van der Waals surface area contributed by atoms with Gasteiger partial charge in [-0.3, -0.25) is 9.69 Å². The number of hydrogen-bond donors (Lipinski definition) is 1. The van der Waals surface area contributed by atoms with Gasteiger partial charge in [-0.15, -0.1) is 0 Å². The molecule has 0 radical (unpaired) electrons. The van der Waals surface area contributed by atoms with E-state index in [9.17, 15) is 13.2 Å². The van der Waals surface area contributed by atoms with Gasteiger partial charge in [0.2, 0.25) is 15.9 Å². The van der Waals surface area contributed by atoms with E-state index in [1.807, 2.05) is 19.1 Å². The molecule has 1 aromatic rings. The quantitative estimate of drug-likeness (QED) is 0.796. The number of rotatable bonds is 5. The van der Waals surface area contributed by atoms with Crippen LogP contribution >= 0.6 is 0 Å². The van der Waals surface area contributed by atoms with Crippen LogP contribution < -0.4 is 5.32 Å². The number of nitrogens with zero attached hydrogens (tertiary/aromatic N) is 2. The summed E-state index contributed by atoms with van der Waals surface area (Å²) in [5, 5.41) is 3.29. The van der Waals surface area contributed by atoms with Crippen molar-refractivity contribution in [3.05, 3.63) is 29.8 Å². The van der Waals surface area contributed by atoms with Gasteiger partial charge in [0.25, 0.3) is 0 Å². The van der Waals surface area contributed by atoms with Crippen LogP contribution in [-0.2, 0) is 14.8 Å². The Morgan fingerprint density at radius 3 is 2.45 bits per heavy atom. The van der Waals surface area contributed by atoms with E-state index in [2.05, 4.69) is 24.1 Å². The molecule has 1 N–H and O–H groups in total. The van der Waals surface area contributed by atoms with Crippen molar-refractivity contribution in [1.29, 1.82) is 0 Å². The Bertz CT molecular complexity index is 860. The third kappa shape index (κ3) is 3.62. The Kier molecular flexibility index (Phi) is 5.51. The molecule has 3 atom stereocenters. The zero-order valence-electron chi connectivity index (χ0n) is 17.7. The summed E-state index contributed by atoms with van der Waals surface area (Å²) in [6.07, 6.45) is 3.69. The molecule has 3 aliphatic rings. The van der Waals surface area contributed by atoms with E-state index in [4.69, 9.17) is 0 Å². The highest BCUT2D eigenvalue weighted by Gasteiger charge is 2.58. The van der Waals surface area contributed by atoms with E-state index in [1.54, 1.807) is 16.4 Å². The van der Waals surface area contributed by atoms with E-state index in [-0.39, 0.29) is 17.4 Å². The predicted molar refractivity (Wildman–Crippen MR) is 113 cm³/mol. The highest BCUT2D eigenvalue weighted by atomic mass is 32.2. The normalized spacial score (nSPS) is 28.4. The number of nitrogens with one attached hydrogen (secondary N) is 1. The predicted octanol–water partition coefficient (Wildman–Crippen LogP) is 2.38. The minimum atomic E-state index is -3.48. The molecular weight excluding hydrogens is 386 g/mol. The van der Waals surface area contributed by atoms with Gasteiger partial charge in [-0.25, -0.2) is 8.42 Å². The molecule has 1 aromatic carbocycles. The molecule has 0 saturated carbocycles. The molecule has 160 valence electrons. The van der Waals surface area contributed by atoms with Crippen LogP contribution in [0.15, 0.2) is 29.2 Å². The number of fused-ring (bicyclic) bond motifs is 2. The van der Waals surface area contributed by atoms with Crippen molar-refractivity contribution in [2.75, 3.05) is 26.2 Å². The molecular formula is C22H33N3O3S. The van der Waals surface area contributed by atoms with Crippen LogP contribution in [0.3, 0.4) is 0 Å². The van der Waals surface area contributed by atoms with E-state index in [1.165, 1.54) is 0 Å². The average Bonchev–Trinajstić information content (AvgIpc) is 3.24. The van der Waals surface area contributed by atoms with Crippen LogP contribution in [0.2, 0.25) is 0 Å². The van der Waals surface area contributed by atoms with Gasteiger partial charge in [-0.1, -0.05) is 31.0 Å². The smallest absolute Gasteiger partial charge is 0.243 e. The van der Waals surface area contributed by atoms with Crippen LogP contribution in [-0.4, -0.2) is 61.3 Å². The van der Waals surface area contributed by atoms with E-state index in [0.29, 0.717) is 42.8 Å². The fourth-order valence-electron chi connectivity index (χ4n) is 5.53. The third-order valence-electron chi connectivity index (χ3n) is 7.37. The lowest BCUT2D eigenvalue weighted by atomic mass is 9.76. The van der Waals surface area contributed by atoms with Crippen LogP contribution in [0.25, 0.3) is 0 Å². The van der Waals surface area contributed by atoms with E-state index in [0.717, 1.165) is 31.5 Å². The molecule has 7 heteroatoms. The van der Waals surface area contributed by atoms with Crippen molar-refractivity contribution in [3.63, 3.8) is 0 Å². The third-order valence-corrected chi connectivity index (χ3v) is 9.28. The Hall–Kier alpha value is -1.44. The van der Waals surface area contributed by atoms with Gasteiger partial charge >= 0.3 is 0 Å². The Balaban J connectivity index is 1.47. The number of carbonyl (C=O) groups excluding carboxylic acids is 1. The number of likely N-dealkylation sites (tertiary alicyclic amines) is 1. The lowest BCUT2D eigenvalue weighted by Gasteiger charge is -2.42. The second-order valence-electron chi connectivity index (χ2n) is 9.17. The number of sulfonamides is 1. The van der Waals surface area contributed by atoms with Crippen LogP contribution in [0.1, 0.15) is 45.1 Å². The van der Waals surface area contributed by atoms with Gasteiger partial charge in [-0.2, -0.15) is 4.31 Å². The number of aryl methyl sites for hydroxylation is 1. The molecule has 1 spiro atoms. The molecule has 0 aliphatic carbocycles. The monoisotopic (exact) mass is 419 g/mol. The van der Waals surface area contributed by atoms with Crippen LogP contribution in [0, 0.1) is 18.8 Å². The first kappa shape index (κ1) is 20.8. The van der Waals surface area contributed by atoms with Gasteiger partial charge in [0.15, 0.2) is 0 Å². The molecule has 3 saturated heterocycles. The van der Waals surface area contributed by atoms with Crippen molar-refractivity contribution < 1.29 is 13.2 Å². The minimum absolute atomic E-state index is 0.0505. The summed E-state index contributed by atoms with van der Waals surface area (Å²) in [5.41, 5.74) is 0.797. The van der Waals surface area contributed by atoms with E-state index < -0.39 is 10.0 Å². The van der Waals surface area contributed by atoms with Gasteiger partial charge < -0.3 is 5.32 Å². The summed E-state index contributed by atoms with van der Waals surface area (Å²) in [7, 11) is -3.48. The summed E-state index contributed by atoms with van der Waals surface area (Å²) < 4.78 is 27.7. The molecule has 3 fully saturated rings. The van der Waals surface area contributed by atoms with Gasteiger partial charge in [-0.05, 0) is 45.2 Å². The van der Waals surface area contributed by atoms with Crippen molar-refractivity contribution >= 4 is 15.9 Å². The van der Waals surface area contributed by atoms with Crippen molar-refractivity contribution in [1.82, 2.24) is 14.5 Å². The van der Waals surface area contributed by atoms with Crippen molar-refractivity contribution in [2.24, 2.45) is 11.8 Å². The maximum absolute atomic E-state index is 13.0. The van der Waals surface area contributed by atoms with Crippen LogP contribution in [0.4, 0.5) is 0 Å². The zero-order valence-corrected chi connectivity index (χ0v) is 18.5. The number of benzene rings is 1. The van der Waals surface area contributed by atoms with Crippen LogP contribution in [0.5, 0.6) is 0 Å². The van der Waals surface area contributed by atoms with Crippen molar-refractivity contribution in [2.45, 2.75) is 62.9 Å². The molecule has 0 unspecified atom stereocenters. The summed E-state index contributed by atoms with van der Waals surface area (Å²) in [6.45, 7) is 9.11.